The third-order valence-electron chi connectivity index (χ3n) is 5.35. The van der Waals surface area contributed by atoms with E-state index in [0.29, 0.717) is 6.54 Å². The number of aryl methyl sites for hydroxylation is 1. The zero-order valence-electron chi connectivity index (χ0n) is 19.3. The zero-order chi connectivity index (χ0) is 24.3. The second-order valence-corrected chi connectivity index (χ2v) is 8.48. The highest BCUT2D eigenvalue weighted by atomic mass is 16.5. The number of nitrogens with zero attached hydrogens (tertiary/aromatic N) is 1. The van der Waals surface area contributed by atoms with E-state index in [1.807, 2.05) is 39.0 Å². The van der Waals surface area contributed by atoms with E-state index in [0.717, 1.165) is 22.5 Å². The van der Waals surface area contributed by atoms with Crippen molar-refractivity contribution in [2.24, 2.45) is 5.92 Å². The molecule has 0 aliphatic heterocycles. The summed E-state index contributed by atoms with van der Waals surface area (Å²) < 4.78 is 12.3. The van der Waals surface area contributed by atoms with Gasteiger partial charge in [-0.15, -0.1) is 0 Å². The van der Waals surface area contributed by atoms with Crippen molar-refractivity contribution in [2.45, 2.75) is 53.2 Å². The molecule has 0 radical (unpaired) electrons. The van der Waals surface area contributed by atoms with E-state index in [-0.39, 0.29) is 41.6 Å². The molecule has 2 aromatic heterocycles. The van der Waals surface area contributed by atoms with Crippen LogP contribution in [-0.4, -0.2) is 27.4 Å². The van der Waals surface area contributed by atoms with Gasteiger partial charge in [0.05, 0.1) is 24.5 Å². The van der Waals surface area contributed by atoms with Crippen molar-refractivity contribution in [3.63, 3.8) is 0 Å². The Kier molecular flexibility index (Phi) is 7.38. The lowest BCUT2D eigenvalue weighted by atomic mass is 9.91. The molecule has 0 saturated heterocycles. The number of aliphatic hydroxyl groups excluding tert-OH is 1. The Balaban J connectivity index is 2.35. The number of carbonyl (C=O) groups excluding carboxylic acids is 1. The third kappa shape index (κ3) is 5.17. The zero-order valence-corrected chi connectivity index (χ0v) is 19.3. The minimum absolute atomic E-state index is 0.0826. The molecule has 2 N–H and O–H groups in total. The molecule has 1 atom stereocenters. The molecule has 0 spiro atoms. The Morgan fingerprint density at radius 2 is 1.91 bits per heavy atom. The standard InChI is InChI=1S/C25H29NO7/c1-5-32-22(29)11-18(24-23(30)21(28)10-17(13-27)33-24)19-9-16-8-15(4)6-7-20(16)26(25(19)31)12-14(2)3/h6-10,14,18,27,30H,5,11-13H2,1-4H3/t18-/m1/s1. The normalized spacial score (nSPS) is 12.3. The molecule has 0 aliphatic rings. The molecule has 0 saturated carbocycles. The van der Waals surface area contributed by atoms with Crippen LogP contribution >= 0.6 is 0 Å². The molecule has 0 bridgehead atoms. The Morgan fingerprint density at radius 3 is 2.55 bits per heavy atom. The van der Waals surface area contributed by atoms with E-state index < -0.39 is 29.7 Å². The topological polar surface area (TPSA) is 119 Å². The average molecular weight is 456 g/mol. The van der Waals surface area contributed by atoms with Gasteiger partial charge in [0.25, 0.3) is 5.56 Å². The quantitative estimate of drug-likeness (QED) is 0.501. The fourth-order valence-corrected chi connectivity index (χ4v) is 3.93. The first-order chi connectivity index (χ1) is 15.7. The number of aromatic nitrogens is 1. The SMILES string of the molecule is CCOC(=O)C[C@@H](c1oc(CO)cc(=O)c1O)c1cc2cc(C)ccc2n(CC(C)C)c1=O. The third-order valence-corrected chi connectivity index (χ3v) is 5.35. The Hall–Kier alpha value is -3.39. The highest BCUT2D eigenvalue weighted by molar-refractivity contribution is 5.81. The summed E-state index contributed by atoms with van der Waals surface area (Å²) in [5.74, 6) is -2.58. The van der Waals surface area contributed by atoms with Gasteiger partial charge in [0, 0.05) is 18.2 Å². The number of rotatable bonds is 8. The first-order valence-corrected chi connectivity index (χ1v) is 10.9. The van der Waals surface area contributed by atoms with Crippen LogP contribution in [0.1, 0.15) is 55.8 Å². The lowest BCUT2D eigenvalue weighted by Gasteiger charge is -2.20. The molecule has 8 nitrogen and oxygen atoms in total. The number of hydrogen-bond donors (Lipinski definition) is 2. The predicted octanol–water partition coefficient (Wildman–Crippen LogP) is 3.20. The summed E-state index contributed by atoms with van der Waals surface area (Å²) in [7, 11) is 0. The smallest absolute Gasteiger partial charge is 0.306 e. The van der Waals surface area contributed by atoms with Gasteiger partial charge in [-0.3, -0.25) is 14.4 Å². The Bertz CT molecular complexity index is 1290. The van der Waals surface area contributed by atoms with Crippen molar-refractivity contribution < 1.29 is 24.2 Å². The number of aliphatic hydroxyl groups is 1. The fraction of sp³-hybridized carbons (Fsp3) is 0.400. The molecule has 0 unspecified atom stereocenters. The van der Waals surface area contributed by atoms with Gasteiger partial charge in [-0.1, -0.05) is 25.5 Å². The lowest BCUT2D eigenvalue weighted by molar-refractivity contribution is -0.143. The van der Waals surface area contributed by atoms with Crippen molar-refractivity contribution in [1.29, 1.82) is 0 Å². The Morgan fingerprint density at radius 1 is 1.18 bits per heavy atom. The van der Waals surface area contributed by atoms with Crippen LogP contribution in [0.2, 0.25) is 0 Å². The van der Waals surface area contributed by atoms with Gasteiger partial charge in [-0.25, -0.2) is 0 Å². The lowest BCUT2D eigenvalue weighted by Crippen LogP contribution is -2.29. The summed E-state index contributed by atoms with van der Waals surface area (Å²) >= 11 is 0. The van der Waals surface area contributed by atoms with Crippen LogP contribution in [0.4, 0.5) is 0 Å². The van der Waals surface area contributed by atoms with E-state index in [9.17, 15) is 24.6 Å². The minimum atomic E-state index is -1.08. The van der Waals surface area contributed by atoms with E-state index in [1.165, 1.54) is 0 Å². The van der Waals surface area contributed by atoms with Crippen LogP contribution in [0.5, 0.6) is 5.75 Å². The number of pyridine rings is 1. The van der Waals surface area contributed by atoms with Crippen LogP contribution in [0.3, 0.4) is 0 Å². The number of benzene rings is 1. The maximum Gasteiger partial charge on any atom is 0.306 e. The van der Waals surface area contributed by atoms with Gasteiger partial charge in [0.15, 0.2) is 5.76 Å². The molecule has 33 heavy (non-hydrogen) atoms. The van der Waals surface area contributed by atoms with E-state index in [2.05, 4.69) is 0 Å². The van der Waals surface area contributed by atoms with Crippen LogP contribution < -0.4 is 11.0 Å². The monoisotopic (exact) mass is 455 g/mol. The summed E-state index contributed by atoms with van der Waals surface area (Å²) in [4.78, 5) is 38.4. The molecule has 1 aromatic carbocycles. The maximum absolute atomic E-state index is 13.7. The fourth-order valence-electron chi connectivity index (χ4n) is 3.93. The predicted molar refractivity (Wildman–Crippen MR) is 123 cm³/mol. The largest absolute Gasteiger partial charge is 0.502 e. The van der Waals surface area contributed by atoms with E-state index >= 15 is 0 Å². The Labute approximate surface area is 191 Å². The summed E-state index contributed by atoms with van der Waals surface area (Å²) in [5.41, 5.74) is 0.795. The van der Waals surface area contributed by atoms with Gasteiger partial charge in [0.1, 0.15) is 12.4 Å². The molecule has 0 aliphatic carbocycles. The van der Waals surface area contributed by atoms with Gasteiger partial charge < -0.3 is 23.9 Å². The van der Waals surface area contributed by atoms with Crippen LogP contribution in [0.25, 0.3) is 10.9 Å². The first kappa shape index (κ1) is 24.3. The van der Waals surface area contributed by atoms with Crippen LogP contribution in [0, 0.1) is 12.8 Å². The number of esters is 1. The van der Waals surface area contributed by atoms with Crippen molar-refractivity contribution in [1.82, 2.24) is 4.57 Å². The molecule has 2 heterocycles. The molecule has 3 aromatic rings. The van der Waals surface area contributed by atoms with Gasteiger partial charge in [-0.05, 0) is 43.4 Å². The molecule has 0 fully saturated rings. The summed E-state index contributed by atoms with van der Waals surface area (Å²) in [5, 5.41) is 20.8. The number of aromatic hydroxyl groups is 1. The van der Waals surface area contributed by atoms with Gasteiger partial charge >= 0.3 is 5.97 Å². The number of hydrogen-bond acceptors (Lipinski definition) is 7. The van der Waals surface area contributed by atoms with Crippen molar-refractivity contribution in [3.8, 4) is 5.75 Å². The minimum Gasteiger partial charge on any atom is -0.502 e. The number of ether oxygens (including phenoxy) is 1. The van der Waals surface area contributed by atoms with Crippen molar-refractivity contribution >= 4 is 16.9 Å². The molecule has 3 rings (SSSR count). The first-order valence-electron chi connectivity index (χ1n) is 10.9. The van der Waals surface area contributed by atoms with Crippen molar-refractivity contribution in [2.75, 3.05) is 6.61 Å². The maximum atomic E-state index is 13.7. The highest BCUT2D eigenvalue weighted by Gasteiger charge is 2.30. The molecule has 176 valence electrons. The second-order valence-electron chi connectivity index (χ2n) is 8.48. The van der Waals surface area contributed by atoms with Crippen molar-refractivity contribution in [3.05, 3.63) is 73.6 Å². The molecule has 8 heteroatoms. The second kappa shape index (κ2) is 10.0. The molecular formula is C25H29NO7. The number of carbonyl (C=O) groups is 1. The highest BCUT2D eigenvalue weighted by Crippen LogP contribution is 2.33. The van der Waals surface area contributed by atoms with Gasteiger partial charge in [0.2, 0.25) is 11.2 Å². The summed E-state index contributed by atoms with van der Waals surface area (Å²) in [6.45, 7) is 7.56. The average Bonchev–Trinajstić information content (AvgIpc) is 2.76. The summed E-state index contributed by atoms with van der Waals surface area (Å²) in [6, 6.07) is 8.36. The summed E-state index contributed by atoms with van der Waals surface area (Å²) in [6.07, 6.45) is -0.326. The number of fused-ring (bicyclic) bond motifs is 1. The van der Waals surface area contributed by atoms with Gasteiger partial charge in [-0.2, -0.15) is 0 Å². The van der Waals surface area contributed by atoms with E-state index in [1.54, 1.807) is 17.6 Å². The van der Waals surface area contributed by atoms with Crippen LogP contribution in [-0.2, 0) is 22.7 Å². The van der Waals surface area contributed by atoms with Crippen LogP contribution in [0.15, 0.2) is 44.3 Å². The van der Waals surface area contributed by atoms with E-state index in [4.69, 9.17) is 9.15 Å². The molecule has 0 amide bonds. The molecular weight excluding hydrogens is 426 g/mol.